The lowest BCUT2D eigenvalue weighted by molar-refractivity contribution is -0.119. The normalized spacial score (nSPS) is 10.0. The second kappa shape index (κ2) is 5.79. The molecular weight excluding hydrogens is 282 g/mol. The fourth-order valence-corrected chi connectivity index (χ4v) is 1.54. The second-order valence-electron chi connectivity index (χ2n) is 3.05. The minimum Gasteiger partial charge on any atom is -0.371 e. The molecule has 0 radical (unpaired) electrons. The molecule has 1 amide bonds. The van der Waals surface area contributed by atoms with E-state index in [2.05, 4.69) is 26.6 Å². The maximum absolute atomic E-state index is 13.3. The highest BCUT2D eigenvalue weighted by molar-refractivity contribution is 9.10. The summed E-state index contributed by atoms with van der Waals surface area (Å²) < 4.78 is 26.9. The number of nitrogens with one attached hydrogen (secondary N) is 2. The molecule has 1 aromatic rings. The molecule has 0 heterocycles. The zero-order valence-electron chi connectivity index (χ0n) is 8.61. The summed E-state index contributed by atoms with van der Waals surface area (Å²) in [4.78, 5) is 11.1. The summed E-state index contributed by atoms with van der Waals surface area (Å²) in [6.45, 7) is 2.08. The van der Waals surface area contributed by atoms with Crippen molar-refractivity contribution in [2.24, 2.45) is 0 Å². The van der Waals surface area contributed by atoms with E-state index in [1.807, 2.05) is 0 Å². The molecule has 0 unspecified atom stereocenters. The minimum atomic E-state index is -0.740. The Bertz CT molecular complexity index is 375. The number of carbonyl (C=O) groups excluding carboxylic acids is 1. The molecule has 0 fully saturated rings. The van der Waals surface area contributed by atoms with E-state index in [0.29, 0.717) is 11.0 Å². The largest absolute Gasteiger partial charge is 0.371 e. The summed E-state index contributed by atoms with van der Waals surface area (Å²) >= 11 is 2.96. The van der Waals surface area contributed by atoms with Crippen LogP contribution in [0, 0.1) is 11.6 Å². The molecule has 1 rings (SSSR count). The van der Waals surface area contributed by atoms with Gasteiger partial charge in [0.2, 0.25) is 5.91 Å². The van der Waals surface area contributed by atoms with E-state index in [9.17, 15) is 13.6 Å². The second-order valence-corrected chi connectivity index (χ2v) is 3.97. The van der Waals surface area contributed by atoms with E-state index in [4.69, 9.17) is 0 Å². The molecule has 1 aromatic carbocycles. The number of rotatable bonds is 4. The van der Waals surface area contributed by atoms with Crippen LogP contribution in [0.3, 0.4) is 0 Å². The van der Waals surface area contributed by atoms with E-state index < -0.39 is 11.6 Å². The third kappa shape index (κ3) is 3.44. The van der Waals surface area contributed by atoms with E-state index in [0.717, 1.165) is 12.1 Å². The summed E-state index contributed by atoms with van der Waals surface area (Å²) in [6.07, 6.45) is 0. The average molecular weight is 293 g/mol. The van der Waals surface area contributed by atoms with Crippen molar-refractivity contribution < 1.29 is 13.6 Å². The summed E-state index contributed by atoms with van der Waals surface area (Å²) in [5.74, 6) is -1.79. The van der Waals surface area contributed by atoms with Crippen LogP contribution < -0.4 is 10.6 Å². The number of amides is 1. The lowest BCUT2D eigenvalue weighted by atomic mass is 10.3. The Labute approximate surface area is 100 Å². The van der Waals surface area contributed by atoms with E-state index in [1.165, 1.54) is 0 Å². The van der Waals surface area contributed by atoms with Crippen LogP contribution in [-0.2, 0) is 4.79 Å². The first-order valence-corrected chi connectivity index (χ1v) is 5.49. The molecule has 88 valence electrons. The Balaban J connectivity index is 2.70. The molecule has 6 heteroatoms. The third-order valence-electron chi connectivity index (χ3n) is 1.81. The quantitative estimate of drug-likeness (QED) is 0.894. The zero-order valence-corrected chi connectivity index (χ0v) is 10.2. The standard InChI is InChI=1S/C10H11BrF2N2O/c1-2-14-9(16)5-15-10-7(12)3-6(11)4-8(10)13/h3-4,15H,2,5H2,1H3,(H,14,16). The predicted octanol–water partition coefficient (Wildman–Crippen LogP) is 2.28. The Morgan fingerprint density at radius 2 is 1.94 bits per heavy atom. The molecule has 0 spiro atoms. The molecular formula is C10H11BrF2N2O. The van der Waals surface area contributed by atoms with E-state index in [1.54, 1.807) is 6.92 Å². The number of anilines is 1. The van der Waals surface area contributed by atoms with Gasteiger partial charge in [-0.2, -0.15) is 0 Å². The van der Waals surface area contributed by atoms with Crippen molar-refractivity contribution in [2.75, 3.05) is 18.4 Å². The lowest BCUT2D eigenvalue weighted by Crippen LogP contribution is -2.29. The van der Waals surface area contributed by atoms with Gasteiger partial charge in [-0.3, -0.25) is 4.79 Å². The Kier molecular flexibility index (Phi) is 4.67. The SMILES string of the molecule is CCNC(=O)CNc1c(F)cc(Br)cc1F. The first kappa shape index (κ1) is 12.9. The van der Waals surface area contributed by atoms with Crippen molar-refractivity contribution in [1.82, 2.24) is 5.32 Å². The van der Waals surface area contributed by atoms with Crippen LogP contribution in [0.1, 0.15) is 6.92 Å². The van der Waals surface area contributed by atoms with Gasteiger partial charge in [0.25, 0.3) is 0 Å². The first-order chi connectivity index (χ1) is 7.54. The van der Waals surface area contributed by atoms with E-state index >= 15 is 0 Å². The topological polar surface area (TPSA) is 41.1 Å². The average Bonchev–Trinajstić information content (AvgIpc) is 2.16. The number of halogens is 3. The molecule has 0 atom stereocenters. The summed E-state index contributed by atoms with van der Waals surface area (Å²) in [5, 5.41) is 4.92. The van der Waals surface area contributed by atoms with Crippen LogP contribution in [0.2, 0.25) is 0 Å². The number of hydrogen-bond acceptors (Lipinski definition) is 2. The van der Waals surface area contributed by atoms with Gasteiger partial charge in [0.15, 0.2) is 0 Å². The molecule has 0 aliphatic rings. The summed E-state index contributed by atoms with van der Waals surface area (Å²) in [7, 11) is 0. The minimum absolute atomic E-state index is 0.163. The highest BCUT2D eigenvalue weighted by Gasteiger charge is 2.11. The van der Waals surface area contributed by atoms with Crippen LogP contribution >= 0.6 is 15.9 Å². The van der Waals surface area contributed by atoms with Crippen LogP contribution in [0.5, 0.6) is 0 Å². The fraction of sp³-hybridized carbons (Fsp3) is 0.300. The Hall–Kier alpha value is -1.17. The Morgan fingerprint density at radius 1 is 1.38 bits per heavy atom. The summed E-state index contributed by atoms with van der Waals surface area (Å²) in [5.41, 5.74) is -0.297. The Morgan fingerprint density at radius 3 is 2.44 bits per heavy atom. The van der Waals surface area contributed by atoms with E-state index in [-0.39, 0.29) is 18.1 Å². The van der Waals surface area contributed by atoms with Crippen LogP contribution in [0.25, 0.3) is 0 Å². The van der Waals surface area contributed by atoms with Gasteiger partial charge in [-0.1, -0.05) is 15.9 Å². The molecule has 16 heavy (non-hydrogen) atoms. The van der Waals surface area contributed by atoms with Gasteiger partial charge >= 0.3 is 0 Å². The van der Waals surface area contributed by atoms with Crippen molar-refractivity contribution in [3.63, 3.8) is 0 Å². The van der Waals surface area contributed by atoms with Gasteiger partial charge in [0.1, 0.15) is 17.3 Å². The van der Waals surface area contributed by atoms with Crippen molar-refractivity contribution in [2.45, 2.75) is 6.92 Å². The predicted molar refractivity (Wildman–Crippen MR) is 61.2 cm³/mol. The summed E-state index contributed by atoms with van der Waals surface area (Å²) in [6, 6.07) is 2.26. The van der Waals surface area contributed by atoms with Gasteiger partial charge in [-0.05, 0) is 19.1 Å². The molecule has 0 aliphatic carbocycles. The van der Waals surface area contributed by atoms with Gasteiger partial charge in [0, 0.05) is 11.0 Å². The van der Waals surface area contributed by atoms with Crippen LogP contribution in [0.4, 0.5) is 14.5 Å². The maximum Gasteiger partial charge on any atom is 0.239 e. The zero-order chi connectivity index (χ0) is 12.1. The van der Waals surface area contributed by atoms with Gasteiger partial charge < -0.3 is 10.6 Å². The van der Waals surface area contributed by atoms with Gasteiger partial charge in [-0.25, -0.2) is 8.78 Å². The molecule has 0 saturated carbocycles. The first-order valence-electron chi connectivity index (χ1n) is 4.69. The molecule has 0 aromatic heterocycles. The fourth-order valence-electron chi connectivity index (χ4n) is 1.14. The highest BCUT2D eigenvalue weighted by atomic mass is 79.9. The number of carbonyl (C=O) groups is 1. The smallest absolute Gasteiger partial charge is 0.239 e. The van der Waals surface area contributed by atoms with Crippen LogP contribution in [-0.4, -0.2) is 19.0 Å². The van der Waals surface area contributed by atoms with Gasteiger partial charge in [0.05, 0.1) is 6.54 Å². The van der Waals surface area contributed by atoms with Crippen molar-refractivity contribution in [1.29, 1.82) is 0 Å². The molecule has 3 nitrogen and oxygen atoms in total. The maximum atomic E-state index is 13.3. The van der Waals surface area contributed by atoms with Crippen molar-refractivity contribution in [3.8, 4) is 0 Å². The van der Waals surface area contributed by atoms with Gasteiger partial charge in [-0.15, -0.1) is 0 Å². The molecule has 0 bridgehead atoms. The lowest BCUT2D eigenvalue weighted by Gasteiger charge is -2.08. The molecule has 0 saturated heterocycles. The number of likely N-dealkylation sites (N-methyl/N-ethyl adjacent to an activating group) is 1. The third-order valence-corrected chi connectivity index (χ3v) is 2.26. The number of hydrogen-bond donors (Lipinski definition) is 2. The van der Waals surface area contributed by atoms with Crippen LogP contribution in [0.15, 0.2) is 16.6 Å². The van der Waals surface area contributed by atoms with Crippen molar-refractivity contribution in [3.05, 3.63) is 28.2 Å². The monoisotopic (exact) mass is 292 g/mol. The molecule has 0 aliphatic heterocycles. The highest BCUT2D eigenvalue weighted by Crippen LogP contribution is 2.23. The van der Waals surface area contributed by atoms with Crippen molar-refractivity contribution >= 4 is 27.5 Å². The molecule has 2 N–H and O–H groups in total. The number of benzene rings is 1.